The van der Waals surface area contributed by atoms with E-state index >= 15 is 0 Å². The Morgan fingerprint density at radius 3 is 2.57 bits per heavy atom. The smallest absolute Gasteiger partial charge is 0.311 e. The molecule has 1 heterocycles. The van der Waals surface area contributed by atoms with Crippen LogP contribution in [0.15, 0.2) is 41.7 Å². The second kappa shape index (κ2) is 6.09. The van der Waals surface area contributed by atoms with E-state index in [9.17, 15) is 13.2 Å². The average molecular weight is 308 g/mol. The molecular weight excluding hydrogens is 292 g/mol. The van der Waals surface area contributed by atoms with E-state index in [0.29, 0.717) is 5.69 Å². The van der Waals surface area contributed by atoms with E-state index in [2.05, 4.69) is 4.98 Å². The third-order valence-corrected chi connectivity index (χ3v) is 4.46. The maximum atomic E-state index is 12.4. The molecule has 2 rings (SSSR count). The molecule has 1 aromatic heterocycles. The Morgan fingerprint density at radius 1 is 1.29 bits per heavy atom. The molecule has 0 spiro atoms. The van der Waals surface area contributed by atoms with Crippen LogP contribution in [0.3, 0.4) is 0 Å². The summed E-state index contributed by atoms with van der Waals surface area (Å²) in [5, 5.41) is 0. The van der Waals surface area contributed by atoms with Gasteiger partial charge < -0.3 is 4.74 Å². The van der Waals surface area contributed by atoms with Crippen molar-refractivity contribution in [2.75, 3.05) is 6.61 Å². The summed E-state index contributed by atoms with van der Waals surface area (Å²) in [6.45, 7) is 3.87. The first-order chi connectivity index (χ1) is 9.93. The van der Waals surface area contributed by atoms with Crippen molar-refractivity contribution in [1.29, 1.82) is 0 Å². The van der Waals surface area contributed by atoms with Gasteiger partial charge in [0.05, 0.1) is 23.6 Å². The molecular formula is C14H16N2O4S. The minimum atomic E-state index is -3.68. The van der Waals surface area contributed by atoms with Crippen LogP contribution >= 0.6 is 0 Å². The van der Waals surface area contributed by atoms with Crippen LogP contribution in [0.2, 0.25) is 0 Å². The zero-order valence-corrected chi connectivity index (χ0v) is 12.6. The Labute approximate surface area is 123 Å². The van der Waals surface area contributed by atoms with Crippen molar-refractivity contribution in [2.24, 2.45) is 0 Å². The van der Waals surface area contributed by atoms with Crippen LogP contribution < -0.4 is 0 Å². The number of imidazole rings is 1. The van der Waals surface area contributed by atoms with Gasteiger partial charge >= 0.3 is 5.97 Å². The van der Waals surface area contributed by atoms with Crippen LogP contribution in [0.4, 0.5) is 0 Å². The van der Waals surface area contributed by atoms with Crippen LogP contribution in [0.5, 0.6) is 0 Å². The average Bonchev–Trinajstić information content (AvgIpc) is 2.88. The van der Waals surface area contributed by atoms with E-state index in [1.807, 2.05) is 6.92 Å². The summed E-state index contributed by atoms with van der Waals surface area (Å²) in [6, 6.07) is 6.53. The molecule has 2 aromatic rings. The molecule has 0 atom stereocenters. The van der Waals surface area contributed by atoms with Crippen molar-refractivity contribution in [3.8, 4) is 0 Å². The van der Waals surface area contributed by atoms with Gasteiger partial charge in [0.15, 0.2) is 0 Å². The molecule has 0 saturated carbocycles. The fourth-order valence-electron chi connectivity index (χ4n) is 1.76. The molecule has 0 fully saturated rings. The van der Waals surface area contributed by atoms with Gasteiger partial charge in [0, 0.05) is 6.20 Å². The first-order valence-corrected chi connectivity index (χ1v) is 7.88. The zero-order chi connectivity index (χ0) is 15.5. The number of esters is 1. The summed E-state index contributed by atoms with van der Waals surface area (Å²) in [4.78, 5) is 15.5. The van der Waals surface area contributed by atoms with E-state index in [1.165, 1.54) is 24.7 Å². The van der Waals surface area contributed by atoms with E-state index in [4.69, 9.17) is 4.74 Å². The van der Waals surface area contributed by atoms with Crippen LogP contribution in [-0.2, 0) is 26.0 Å². The van der Waals surface area contributed by atoms with Crippen LogP contribution in [0, 0.1) is 6.92 Å². The molecule has 1 aromatic carbocycles. The van der Waals surface area contributed by atoms with Crippen molar-refractivity contribution >= 4 is 16.0 Å². The molecule has 0 bridgehead atoms. The highest BCUT2D eigenvalue weighted by Gasteiger charge is 2.18. The van der Waals surface area contributed by atoms with Crippen molar-refractivity contribution < 1.29 is 17.9 Å². The van der Waals surface area contributed by atoms with Crippen molar-refractivity contribution in [2.45, 2.75) is 25.2 Å². The van der Waals surface area contributed by atoms with Gasteiger partial charge in [-0.25, -0.2) is 17.4 Å². The monoisotopic (exact) mass is 308 g/mol. The number of ether oxygens (including phenoxy) is 1. The minimum Gasteiger partial charge on any atom is -0.466 e. The highest BCUT2D eigenvalue weighted by atomic mass is 32.2. The van der Waals surface area contributed by atoms with Crippen LogP contribution in [-0.4, -0.2) is 30.0 Å². The summed E-state index contributed by atoms with van der Waals surface area (Å²) >= 11 is 0. The molecule has 0 N–H and O–H groups in total. The SMILES string of the molecule is CCOC(=O)Cc1cn(S(=O)(=O)c2ccc(C)cc2)cn1. The highest BCUT2D eigenvalue weighted by molar-refractivity contribution is 7.90. The number of rotatable bonds is 5. The molecule has 0 unspecified atom stereocenters. The summed E-state index contributed by atoms with van der Waals surface area (Å²) < 4.78 is 30.6. The Balaban J connectivity index is 2.24. The lowest BCUT2D eigenvalue weighted by molar-refractivity contribution is -0.142. The molecule has 0 aliphatic carbocycles. The van der Waals surface area contributed by atoms with Crippen molar-refractivity contribution in [3.05, 3.63) is 48.0 Å². The van der Waals surface area contributed by atoms with Gasteiger partial charge in [-0.2, -0.15) is 0 Å². The molecule has 112 valence electrons. The molecule has 0 saturated heterocycles. The van der Waals surface area contributed by atoms with Gasteiger partial charge in [0.25, 0.3) is 10.0 Å². The van der Waals surface area contributed by atoms with E-state index in [0.717, 1.165) is 9.54 Å². The van der Waals surface area contributed by atoms with Gasteiger partial charge in [-0.1, -0.05) is 17.7 Å². The predicted octanol–water partition coefficient (Wildman–Crippen LogP) is 1.53. The standard InChI is InChI=1S/C14H16N2O4S/c1-3-20-14(17)8-12-9-16(10-15-12)21(18,19)13-6-4-11(2)5-7-13/h4-7,9-10H,3,8H2,1-2H3. The lowest BCUT2D eigenvalue weighted by Gasteiger charge is -2.04. The Bertz CT molecular complexity index is 733. The molecule has 7 heteroatoms. The number of aryl methyl sites for hydroxylation is 1. The summed E-state index contributed by atoms with van der Waals surface area (Å²) in [6.07, 6.45) is 2.46. The molecule has 0 aliphatic heterocycles. The van der Waals surface area contributed by atoms with Gasteiger partial charge in [0.1, 0.15) is 6.33 Å². The topological polar surface area (TPSA) is 78.3 Å². The molecule has 6 nitrogen and oxygen atoms in total. The third-order valence-electron chi connectivity index (χ3n) is 2.84. The third kappa shape index (κ3) is 3.49. The Hall–Kier alpha value is -2.15. The van der Waals surface area contributed by atoms with Gasteiger partial charge in [0.2, 0.25) is 0 Å². The quantitative estimate of drug-likeness (QED) is 0.783. The number of hydrogen-bond donors (Lipinski definition) is 0. The summed E-state index contributed by atoms with van der Waals surface area (Å²) in [5.74, 6) is -0.435. The van der Waals surface area contributed by atoms with Gasteiger partial charge in [-0.05, 0) is 26.0 Å². The van der Waals surface area contributed by atoms with Gasteiger partial charge in [-0.15, -0.1) is 0 Å². The Morgan fingerprint density at radius 2 is 1.95 bits per heavy atom. The van der Waals surface area contributed by atoms with Crippen molar-refractivity contribution in [3.63, 3.8) is 0 Å². The van der Waals surface area contributed by atoms with E-state index in [1.54, 1.807) is 19.1 Å². The fraction of sp³-hybridized carbons (Fsp3) is 0.286. The zero-order valence-electron chi connectivity index (χ0n) is 11.8. The first kappa shape index (κ1) is 15.2. The number of aromatic nitrogens is 2. The van der Waals surface area contributed by atoms with E-state index in [-0.39, 0.29) is 17.9 Å². The lowest BCUT2D eigenvalue weighted by Crippen LogP contribution is -2.11. The Kier molecular flexibility index (Phi) is 4.42. The first-order valence-electron chi connectivity index (χ1n) is 6.44. The molecule has 0 amide bonds. The minimum absolute atomic E-state index is 0.0513. The summed E-state index contributed by atoms with van der Waals surface area (Å²) in [5.41, 5.74) is 1.33. The number of hydrogen-bond acceptors (Lipinski definition) is 5. The number of benzene rings is 1. The number of carbonyl (C=O) groups excluding carboxylic acids is 1. The maximum Gasteiger partial charge on any atom is 0.311 e. The van der Waals surface area contributed by atoms with Crippen LogP contribution in [0.1, 0.15) is 18.2 Å². The number of carbonyl (C=O) groups is 1. The molecule has 0 aliphatic rings. The normalized spacial score (nSPS) is 11.3. The van der Waals surface area contributed by atoms with E-state index < -0.39 is 16.0 Å². The number of nitrogens with zero attached hydrogens (tertiary/aromatic N) is 2. The second-order valence-electron chi connectivity index (χ2n) is 4.49. The largest absolute Gasteiger partial charge is 0.466 e. The summed E-state index contributed by atoms with van der Waals surface area (Å²) in [7, 11) is -3.68. The van der Waals surface area contributed by atoms with Crippen molar-refractivity contribution in [1.82, 2.24) is 8.96 Å². The fourth-order valence-corrected chi connectivity index (χ4v) is 2.91. The second-order valence-corrected chi connectivity index (χ2v) is 6.34. The predicted molar refractivity (Wildman–Crippen MR) is 76.3 cm³/mol. The maximum absolute atomic E-state index is 12.4. The highest BCUT2D eigenvalue weighted by Crippen LogP contribution is 2.15. The molecule has 0 radical (unpaired) electrons. The van der Waals surface area contributed by atoms with Crippen LogP contribution in [0.25, 0.3) is 0 Å². The molecule has 21 heavy (non-hydrogen) atoms. The lowest BCUT2D eigenvalue weighted by atomic mass is 10.2. The van der Waals surface area contributed by atoms with Gasteiger partial charge in [-0.3, -0.25) is 4.79 Å².